The molecule has 0 radical (unpaired) electrons. The second kappa shape index (κ2) is 12.8. The number of hydrogen-bond acceptors (Lipinski definition) is 7. The predicted octanol–water partition coefficient (Wildman–Crippen LogP) is 4.43. The monoisotopic (exact) mass is 524 g/mol. The molecule has 214 valence electrons. The molecule has 9 heteroatoms. The summed E-state index contributed by atoms with van der Waals surface area (Å²) in [6.45, 7) is 22.8. The van der Waals surface area contributed by atoms with Crippen LogP contribution in [0.5, 0.6) is 0 Å². The molecule has 2 amide bonds. The van der Waals surface area contributed by atoms with E-state index in [4.69, 9.17) is 9.47 Å². The van der Waals surface area contributed by atoms with Crippen molar-refractivity contribution in [2.24, 2.45) is 0 Å². The summed E-state index contributed by atoms with van der Waals surface area (Å²) in [4.78, 5) is 40.0. The lowest BCUT2D eigenvalue weighted by Crippen LogP contribution is -2.58. The van der Waals surface area contributed by atoms with Crippen LogP contribution in [0.1, 0.15) is 94.9 Å². The van der Waals surface area contributed by atoms with Crippen LogP contribution in [0.3, 0.4) is 0 Å². The number of likely N-dealkylation sites (tertiary alicyclic amines) is 1. The highest BCUT2D eigenvalue weighted by Crippen LogP contribution is 2.32. The number of hydrogen-bond donors (Lipinski definition) is 1. The number of amides is 2. The molecule has 0 aromatic heterocycles. The minimum atomic E-state index is -0.397. The number of ketones is 1. The highest BCUT2D eigenvalue weighted by Gasteiger charge is 2.44. The topological polar surface area (TPSA) is 91.4 Å². The molecule has 9 nitrogen and oxygen atoms in total. The van der Waals surface area contributed by atoms with Crippen molar-refractivity contribution >= 4 is 18.0 Å². The van der Waals surface area contributed by atoms with Gasteiger partial charge in [0.2, 0.25) is 0 Å². The highest BCUT2D eigenvalue weighted by molar-refractivity contribution is 5.72. The minimum Gasteiger partial charge on any atom is -0.444 e. The standard InChI is InChI=1S/C14H26N2O2.C11H20N2O2.C3H6O/c1-10(2)15-8-11-6-7-12(9-15)16(11)13(17)18-14(3,4)5;1-11(2,3)15-10(14)13-8-4-5-9(13)7-12-6-8;1-3(2)4/h10-12H,6-9H2,1-5H3;8-9,12H,4-7H2,1-3H3;1-2H3. The molecule has 4 bridgehead atoms. The average Bonchev–Trinajstić information content (AvgIpc) is 3.13. The maximum Gasteiger partial charge on any atom is 0.410 e. The summed E-state index contributed by atoms with van der Waals surface area (Å²) in [5, 5.41) is 3.35. The Morgan fingerprint density at radius 2 is 1.03 bits per heavy atom. The zero-order chi connectivity index (χ0) is 28.1. The third-order valence-electron chi connectivity index (χ3n) is 6.83. The van der Waals surface area contributed by atoms with Gasteiger partial charge in [-0.1, -0.05) is 0 Å². The van der Waals surface area contributed by atoms with Gasteiger partial charge in [0.15, 0.2) is 0 Å². The smallest absolute Gasteiger partial charge is 0.410 e. The lowest BCUT2D eigenvalue weighted by Gasteiger charge is -2.42. The van der Waals surface area contributed by atoms with E-state index < -0.39 is 5.60 Å². The zero-order valence-corrected chi connectivity index (χ0v) is 24.9. The van der Waals surface area contributed by atoms with Crippen molar-refractivity contribution in [2.45, 2.75) is 136 Å². The number of piperazine rings is 2. The van der Waals surface area contributed by atoms with E-state index in [-0.39, 0.29) is 23.6 Å². The average molecular weight is 525 g/mol. The number of Topliss-reactive ketones (excluding diaryl/α,β-unsaturated/α-hetero) is 1. The third-order valence-corrected chi connectivity index (χ3v) is 6.83. The largest absolute Gasteiger partial charge is 0.444 e. The van der Waals surface area contributed by atoms with Crippen LogP contribution in [0.25, 0.3) is 0 Å². The Balaban J connectivity index is 0.000000230. The normalized spacial score (nSPS) is 27.1. The molecule has 1 N–H and O–H groups in total. The molecule has 4 rings (SSSR count). The van der Waals surface area contributed by atoms with E-state index in [1.807, 2.05) is 51.3 Å². The number of nitrogens with zero attached hydrogens (tertiary/aromatic N) is 3. The molecular weight excluding hydrogens is 472 g/mol. The van der Waals surface area contributed by atoms with E-state index in [9.17, 15) is 14.4 Å². The summed E-state index contributed by atoms with van der Waals surface area (Å²) in [5.41, 5.74) is -0.785. The molecule has 0 aromatic rings. The van der Waals surface area contributed by atoms with Crippen molar-refractivity contribution in [3.05, 3.63) is 0 Å². The van der Waals surface area contributed by atoms with Gasteiger partial charge < -0.3 is 19.6 Å². The van der Waals surface area contributed by atoms with Crippen molar-refractivity contribution < 1.29 is 23.9 Å². The van der Waals surface area contributed by atoms with Crippen LogP contribution in [0, 0.1) is 0 Å². The summed E-state index contributed by atoms with van der Waals surface area (Å²) in [7, 11) is 0. The number of rotatable bonds is 1. The maximum absolute atomic E-state index is 12.2. The molecule has 37 heavy (non-hydrogen) atoms. The summed E-state index contributed by atoms with van der Waals surface area (Å²) in [6.07, 6.45) is 4.18. The summed E-state index contributed by atoms with van der Waals surface area (Å²) in [5.74, 6) is 0.167. The lowest BCUT2D eigenvalue weighted by molar-refractivity contribution is -0.115. The van der Waals surface area contributed by atoms with Gasteiger partial charge in [-0.3, -0.25) is 14.7 Å². The van der Waals surface area contributed by atoms with Gasteiger partial charge >= 0.3 is 12.2 Å². The Kier molecular flexibility index (Phi) is 10.8. The van der Waals surface area contributed by atoms with Gasteiger partial charge in [0.05, 0.1) is 0 Å². The number of carbonyl (C=O) groups is 3. The molecule has 4 aliphatic heterocycles. The van der Waals surface area contributed by atoms with E-state index in [1.165, 1.54) is 13.8 Å². The Morgan fingerprint density at radius 3 is 1.35 bits per heavy atom. The fourth-order valence-corrected chi connectivity index (χ4v) is 5.36. The fourth-order valence-electron chi connectivity index (χ4n) is 5.36. The molecule has 0 aromatic carbocycles. The third kappa shape index (κ3) is 9.74. The first-order valence-electron chi connectivity index (χ1n) is 13.9. The number of ether oxygens (including phenoxy) is 2. The Morgan fingerprint density at radius 1 is 0.703 bits per heavy atom. The van der Waals surface area contributed by atoms with E-state index in [1.54, 1.807) is 0 Å². The van der Waals surface area contributed by atoms with Crippen molar-refractivity contribution in [1.82, 2.24) is 20.0 Å². The van der Waals surface area contributed by atoms with E-state index in [0.717, 1.165) is 51.9 Å². The molecule has 4 atom stereocenters. The number of nitrogens with one attached hydrogen (secondary N) is 1. The van der Waals surface area contributed by atoms with Crippen LogP contribution in [0.15, 0.2) is 0 Å². The molecule has 0 spiro atoms. The van der Waals surface area contributed by atoms with Gasteiger partial charge in [0.1, 0.15) is 17.0 Å². The van der Waals surface area contributed by atoms with E-state index in [2.05, 4.69) is 24.1 Å². The molecule has 4 fully saturated rings. The Bertz CT molecular complexity index is 754. The van der Waals surface area contributed by atoms with Crippen LogP contribution in [-0.2, 0) is 14.3 Å². The van der Waals surface area contributed by atoms with Gasteiger partial charge in [-0.15, -0.1) is 0 Å². The molecule has 0 saturated carbocycles. The van der Waals surface area contributed by atoms with Crippen LogP contribution < -0.4 is 5.32 Å². The molecular formula is C28H52N4O5. The van der Waals surface area contributed by atoms with Gasteiger partial charge in [-0.05, 0) is 94.9 Å². The first-order valence-corrected chi connectivity index (χ1v) is 13.9. The zero-order valence-electron chi connectivity index (χ0n) is 24.9. The van der Waals surface area contributed by atoms with Crippen LogP contribution in [-0.4, -0.2) is 100 Å². The van der Waals surface area contributed by atoms with Crippen molar-refractivity contribution in [3.8, 4) is 0 Å². The van der Waals surface area contributed by atoms with E-state index >= 15 is 0 Å². The Labute approximate surface area is 224 Å². The number of carbonyl (C=O) groups excluding carboxylic acids is 3. The van der Waals surface area contributed by atoms with E-state index in [0.29, 0.717) is 30.2 Å². The van der Waals surface area contributed by atoms with Crippen molar-refractivity contribution in [3.63, 3.8) is 0 Å². The first-order chi connectivity index (χ1) is 17.0. The van der Waals surface area contributed by atoms with Crippen LogP contribution in [0.2, 0.25) is 0 Å². The predicted molar refractivity (Wildman–Crippen MR) is 146 cm³/mol. The maximum atomic E-state index is 12.2. The Hall–Kier alpha value is -1.87. The molecule has 4 aliphatic rings. The highest BCUT2D eigenvalue weighted by atomic mass is 16.6. The van der Waals surface area contributed by atoms with Crippen LogP contribution in [0.4, 0.5) is 9.59 Å². The summed E-state index contributed by atoms with van der Waals surface area (Å²) >= 11 is 0. The van der Waals surface area contributed by atoms with Gasteiger partial charge in [-0.2, -0.15) is 0 Å². The first kappa shape index (κ1) is 31.3. The molecule has 4 unspecified atom stereocenters. The van der Waals surface area contributed by atoms with Crippen molar-refractivity contribution in [1.29, 1.82) is 0 Å². The lowest BCUT2D eigenvalue weighted by atomic mass is 10.1. The summed E-state index contributed by atoms with van der Waals surface area (Å²) < 4.78 is 10.9. The van der Waals surface area contributed by atoms with Gasteiger partial charge in [0, 0.05) is 56.4 Å². The molecule has 0 aliphatic carbocycles. The van der Waals surface area contributed by atoms with Crippen molar-refractivity contribution in [2.75, 3.05) is 26.2 Å². The minimum absolute atomic E-state index is 0.126. The second-order valence-corrected chi connectivity index (χ2v) is 13.2. The summed E-state index contributed by atoms with van der Waals surface area (Å²) in [6, 6.07) is 1.95. The molecule has 4 saturated heterocycles. The second-order valence-electron chi connectivity index (χ2n) is 13.2. The SMILES string of the molecule is CC(C)(C)OC(=O)N1C2CCC1CNC2.CC(C)=O.CC(C)N1CC2CCC(C1)N2C(=O)OC(C)(C)C. The van der Waals surface area contributed by atoms with Gasteiger partial charge in [0.25, 0.3) is 0 Å². The molecule has 4 heterocycles. The fraction of sp³-hybridized carbons (Fsp3) is 0.893. The quantitative estimate of drug-likeness (QED) is 0.542. The van der Waals surface area contributed by atoms with Gasteiger partial charge in [-0.25, -0.2) is 9.59 Å². The van der Waals surface area contributed by atoms with Crippen LogP contribution >= 0.6 is 0 Å². The number of fused-ring (bicyclic) bond motifs is 4.